The van der Waals surface area contributed by atoms with E-state index in [9.17, 15) is 0 Å². The Morgan fingerprint density at radius 2 is 0.500 bits per heavy atom. The van der Waals surface area contributed by atoms with Crippen LogP contribution in [0.5, 0.6) is 0 Å². The predicted molar refractivity (Wildman–Crippen MR) is 355 cm³/mol. The summed E-state index contributed by atoms with van der Waals surface area (Å²) in [6.45, 7) is 13.2. The van der Waals surface area contributed by atoms with E-state index in [1.165, 1.54) is 78.2 Å². The summed E-state index contributed by atoms with van der Waals surface area (Å²) in [5.41, 5.74) is 28.3. The minimum absolute atomic E-state index is 1.11. The summed E-state index contributed by atoms with van der Waals surface area (Å²) in [6.07, 6.45) is 13.4. The number of anilines is 6. The Balaban J connectivity index is 0.816. The van der Waals surface area contributed by atoms with Crippen molar-refractivity contribution >= 4 is 81.7 Å². The molecule has 0 unspecified atom stereocenters. The van der Waals surface area contributed by atoms with E-state index in [4.69, 9.17) is 0 Å². The second-order valence-electron chi connectivity index (χ2n) is 21.4. The molecule has 2 heteroatoms. The lowest BCUT2D eigenvalue weighted by Gasteiger charge is -2.29. The van der Waals surface area contributed by atoms with E-state index in [1.54, 1.807) is 0 Å². The second-order valence-corrected chi connectivity index (χ2v) is 21.4. The maximum Gasteiger partial charge on any atom is 0.0520 e. The number of hydrogen-bond donors (Lipinski definition) is 0. The van der Waals surface area contributed by atoms with Gasteiger partial charge >= 0.3 is 0 Å². The van der Waals surface area contributed by atoms with Crippen LogP contribution in [-0.2, 0) is 0 Å². The summed E-state index contributed by atoms with van der Waals surface area (Å²) < 4.78 is 0. The maximum absolute atomic E-state index is 2.40. The minimum atomic E-state index is 1.11. The summed E-state index contributed by atoms with van der Waals surface area (Å²) in [4.78, 5) is 4.80. The van der Waals surface area contributed by atoms with E-state index in [-0.39, 0.29) is 0 Å². The molecule has 0 fully saturated rings. The molecule has 0 aromatic heterocycles. The van der Waals surface area contributed by atoms with Crippen LogP contribution in [0.2, 0.25) is 0 Å². The van der Waals surface area contributed by atoms with Crippen molar-refractivity contribution in [2.45, 2.75) is 41.5 Å². The van der Waals surface area contributed by atoms with E-state index < -0.39 is 0 Å². The Bertz CT molecular complexity index is 3680. The fourth-order valence-corrected chi connectivity index (χ4v) is 11.4. The third kappa shape index (κ3) is 12.7. The van der Waals surface area contributed by atoms with Crippen LogP contribution in [0.3, 0.4) is 0 Å². The lowest BCUT2D eigenvalue weighted by atomic mass is 9.95. The lowest BCUT2D eigenvalue weighted by molar-refractivity contribution is 1.20. The molecule has 0 N–H and O–H groups in total. The molecule has 0 amide bonds. The molecule has 0 radical (unpaired) electrons. The lowest BCUT2D eigenvalue weighted by Crippen LogP contribution is -2.13. The standard InChI is InChI=1S/C80H68N2/c1-57-50-59(3)79(60(4)51-57)81(75-46-38-67(39-47-75)55-77(69-22-11-7-12-23-69)70-24-13-8-14-25-70)73-42-34-63(35-43-73)30-32-65-20-19-21-66(54-65)33-31-64-36-44-74(45-37-64)82(80-61(5)52-58(2)53-62(80)6)76-48-40-68(41-49-76)56-78(71-26-15-9-16-27-71)72-28-17-10-18-29-72/h7-56H,1-6H3. The number of hydrogen-bond acceptors (Lipinski definition) is 2. The first-order valence-corrected chi connectivity index (χ1v) is 28.4. The second kappa shape index (κ2) is 25.0. The van der Waals surface area contributed by atoms with Gasteiger partial charge in [0.05, 0.1) is 11.4 Å². The van der Waals surface area contributed by atoms with Crippen LogP contribution in [0, 0.1) is 41.5 Å². The molecule has 2 nitrogen and oxygen atoms in total. The molecular weight excluding hydrogens is 989 g/mol. The minimum Gasteiger partial charge on any atom is -0.310 e. The highest BCUT2D eigenvalue weighted by molar-refractivity contribution is 5.93. The summed E-state index contributed by atoms with van der Waals surface area (Å²) in [7, 11) is 0. The molecule has 0 saturated heterocycles. The predicted octanol–water partition coefficient (Wildman–Crippen LogP) is 22.0. The van der Waals surface area contributed by atoms with E-state index in [0.29, 0.717) is 0 Å². The first-order chi connectivity index (χ1) is 40.1. The van der Waals surface area contributed by atoms with Gasteiger partial charge in [-0.3, -0.25) is 0 Å². The van der Waals surface area contributed by atoms with E-state index in [0.717, 1.165) is 56.1 Å². The van der Waals surface area contributed by atoms with Crippen LogP contribution in [0.25, 0.3) is 47.6 Å². The third-order valence-electron chi connectivity index (χ3n) is 15.1. The molecule has 0 aliphatic rings. The van der Waals surface area contributed by atoms with Crippen LogP contribution < -0.4 is 9.80 Å². The Morgan fingerprint density at radius 3 is 0.780 bits per heavy atom. The zero-order valence-electron chi connectivity index (χ0n) is 47.8. The average Bonchev–Trinajstić information content (AvgIpc) is 3.68. The van der Waals surface area contributed by atoms with Crippen molar-refractivity contribution in [1.29, 1.82) is 0 Å². The number of aryl methyl sites for hydroxylation is 6. The summed E-state index contributed by atoms with van der Waals surface area (Å²) in [5.74, 6) is 0. The molecule has 0 heterocycles. The van der Waals surface area contributed by atoms with Crippen molar-refractivity contribution in [3.8, 4) is 0 Å². The summed E-state index contributed by atoms with van der Waals surface area (Å²) in [5, 5.41) is 0. The highest BCUT2D eigenvalue weighted by Crippen LogP contribution is 2.42. The maximum atomic E-state index is 2.40. The Hall–Kier alpha value is -10.0. The Kier molecular flexibility index (Phi) is 16.4. The first-order valence-electron chi connectivity index (χ1n) is 28.4. The van der Waals surface area contributed by atoms with E-state index in [2.05, 4.69) is 355 Å². The fourth-order valence-electron chi connectivity index (χ4n) is 11.4. The zero-order valence-corrected chi connectivity index (χ0v) is 47.8. The smallest absolute Gasteiger partial charge is 0.0520 e. The van der Waals surface area contributed by atoms with Crippen LogP contribution in [0.1, 0.15) is 89.0 Å². The van der Waals surface area contributed by atoms with Crippen LogP contribution in [-0.4, -0.2) is 0 Å². The molecule has 0 atom stereocenters. The van der Waals surface area contributed by atoms with Gasteiger partial charge in [-0.25, -0.2) is 0 Å². The molecule has 11 rings (SSSR count). The van der Waals surface area contributed by atoms with Gasteiger partial charge in [0.2, 0.25) is 0 Å². The number of rotatable bonds is 16. The summed E-state index contributed by atoms with van der Waals surface area (Å²) in [6, 6.07) is 96.2. The van der Waals surface area contributed by atoms with Gasteiger partial charge in [0.25, 0.3) is 0 Å². The van der Waals surface area contributed by atoms with Gasteiger partial charge in [-0.2, -0.15) is 0 Å². The summed E-state index contributed by atoms with van der Waals surface area (Å²) >= 11 is 0. The van der Waals surface area contributed by atoms with E-state index >= 15 is 0 Å². The van der Waals surface area contributed by atoms with E-state index in [1.807, 2.05) is 0 Å². The van der Waals surface area contributed by atoms with Crippen molar-refractivity contribution in [3.05, 3.63) is 356 Å². The molecule has 398 valence electrons. The number of nitrogens with zero attached hydrogens (tertiary/aromatic N) is 2. The normalized spacial score (nSPS) is 11.2. The largest absolute Gasteiger partial charge is 0.310 e. The van der Waals surface area contributed by atoms with Gasteiger partial charge < -0.3 is 9.80 Å². The zero-order chi connectivity index (χ0) is 56.4. The van der Waals surface area contributed by atoms with Gasteiger partial charge in [-0.1, -0.05) is 248 Å². The molecule has 82 heavy (non-hydrogen) atoms. The van der Waals surface area contributed by atoms with Crippen molar-refractivity contribution < 1.29 is 0 Å². The third-order valence-corrected chi connectivity index (χ3v) is 15.1. The van der Waals surface area contributed by atoms with Crippen molar-refractivity contribution in [2.75, 3.05) is 9.80 Å². The SMILES string of the molecule is Cc1cc(C)c(N(c2ccc(C=Cc3cccc(C=Cc4ccc(N(c5ccc(C=C(c6ccccc6)c6ccccc6)cc5)c5c(C)cc(C)cc5C)cc4)c3)cc2)c2ccc(C=C(c3ccccc3)c3ccccc3)cc2)c(C)c1. The highest BCUT2D eigenvalue weighted by atomic mass is 15.2. The van der Waals surface area contributed by atoms with Crippen LogP contribution in [0.4, 0.5) is 34.1 Å². The first kappa shape index (κ1) is 54.0. The van der Waals surface area contributed by atoms with Crippen molar-refractivity contribution in [3.63, 3.8) is 0 Å². The molecule has 0 spiro atoms. The molecule has 11 aromatic rings. The van der Waals surface area contributed by atoms with Crippen LogP contribution in [0.15, 0.2) is 267 Å². The number of benzene rings is 11. The molecule has 0 aliphatic carbocycles. The Labute approximate surface area is 486 Å². The fraction of sp³-hybridized carbons (Fsp3) is 0.0750. The van der Waals surface area contributed by atoms with Crippen LogP contribution >= 0.6 is 0 Å². The quantitative estimate of drug-likeness (QED) is 0.0890. The van der Waals surface area contributed by atoms with Gasteiger partial charge in [0, 0.05) is 22.7 Å². The van der Waals surface area contributed by atoms with Gasteiger partial charge in [0.15, 0.2) is 0 Å². The monoisotopic (exact) mass is 1060 g/mol. The van der Waals surface area contributed by atoms with Gasteiger partial charge in [-0.15, -0.1) is 0 Å². The highest BCUT2D eigenvalue weighted by Gasteiger charge is 2.20. The molecule has 0 bridgehead atoms. The van der Waals surface area contributed by atoms with Crippen molar-refractivity contribution in [1.82, 2.24) is 0 Å². The van der Waals surface area contributed by atoms with Crippen molar-refractivity contribution in [2.24, 2.45) is 0 Å². The van der Waals surface area contributed by atoms with Gasteiger partial charge in [-0.05, 0) is 197 Å². The molecule has 0 saturated carbocycles. The van der Waals surface area contributed by atoms with Gasteiger partial charge in [0.1, 0.15) is 0 Å². The molecular formula is C80H68N2. The topological polar surface area (TPSA) is 6.48 Å². The molecule has 11 aromatic carbocycles. The Morgan fingerprint density at radius 1 is 0.244 bits per heavy atom. The average molecular weight is 1060 g/mol. The molecule has 0 aliphatic heterocycles.